The van der Waals surface area contributed by atoms with Crippen LogP contribution >= 0.6 is 0 Å². The van der Waals surface area contributed by atoms with Gasteiger partial charge in [0.15, 0.2) is 11.6 Å². The third kappa shape index (κ3) is 2.97. The zero-order chi connectivity index (χ0) is 21.0. The molecule has 8 nitrogen and oxygen atoms in total. The highest BCUT2D eigenvalue weighted by Gasteiger charge is 2.43. The van der Waals surface area contributed by atoms with Crippen molar-refractivity contribution in [2.45, 2.75) is 13.3 Å². The van der Waals surface area contributed by atoms with Gasteiger partial charge in [-0.15, -0.1) is 0 Å². The number of amides is 1. The van der Waals surface area contributed by atoms with Crippen LogP contribution in [0.5, 0.6) is 5.75 Å². The Bertz CT molecular complexity index is 1290. The molecule has 30 heavy (non-hydrogen) atoms. The van der Waals surface area contributed by atoms with Crippen molar-refractivity contribution in [1.82, 2.24) is 9.97 Å². The van der Waals surface area contributed by atoms with E-state index < -0.39 is 0 Å². The minimum absolute atomic E-state index is 0.185. The molecule has 3 heterocycles. The van der Waals surface area contributed by atoms with Gasteiger partial charge in [-0.3, -0.25) is 4.79 Å². The van der Waals surface area contributed by atoms with E-state index in [-0.39, 0.29) is 17.7 Å². The average Bonchev–Trinajstić information content (AvgIpc) is 3.41. The summed E-state index contributed by atoms with van der Waals surface area (Å²) in [5.41, 5.74) is 9.63. The predicted octanol–water partition coefficient (Wildman–Crippen LogP) is 3.56. The summed E-state index contributed by atoms with van der Waals surface area (Å²) in [6, 6.07) is 9.67. The van der Waals surface area contributed by atoms with Gasteiger partial charge in [0.05, 0.1) is 29.3 Å². The molecule has 2 aliphatic rings. The van der Waals surface area contributed by atoms with E-state index in [2.05, 4.69) is 33.2 Å². The van der Waals surface area contributed by atoms with Crippen LogP contribution in [0.15, 0.2) is 42.9 Å². The summed E-state index contributed by atoms with van der Waals surface area (Å²) in [5, 5.41) is 16.3. The Morgan fingerprint density at radius 1 is 1.40 bits per heavy atom. The maximum Gasteiger partial charge on any atom is 0.230 e. The number of nitrogens with two attached hydrogens (primary N) is 1. The van der Waals surface area contributed by atoms with Crippen LogP contribution in [0.3, 0.4) is 0 Å². The Morgan fingerprint density at radius 3 is 3.00 bits per heavy atom. The zero-order valence-corrected chi connectivity index (χ0v) is 16.2. The topological polar surface area (TPSA) is 126 Å². The highest BCUT2D eigenvalue weighted by molar-refractivity contribution is 5.98. The van der Waals surface area contributed by atoms with E-state index in [9.17, 15) is 4.79 Å². The van der Waals surface area contributed by atoms with Gasteiger partial charge in [-0.25, -0.2) is 9.97 Å². The van der Waals surface area contributed by atoms with Gasteiger partial charge < -0.3 is 21.1 Å². The molecule has 1 fully saturated rings. The summed E-state index contributed by atoms with van der Waals surface area (Å²) in [4.78, 5) is 21.1. The first-order valence-corrected chi connectivity index (χ1v) is 9.48. The molecule has 8 heteroatoms. The number of nitrogens with zero attached hydrogens (tertiary/aromatic N) is 3. The number of aromatic nitrogens is 2. The number of nitrogen functional groups attached to an aromatic ring is 1. The molecule has 5 rings (SSSR count). The van der Waals surface area contributed by atoms with Gasteiger partial charge in [-0.2, -0.15) is 5.26 Å². The molecular weight excluding hydrogens is 380 g/mol. The highest BCUT2D eigenvalue weighted by atomic mass is 16.5. The van der Waals surface area contributed by atoms with Crippen LogP contribution in [0, 0.1) is 30.1 Å². The first-order chi connectivity index (χ1) is 14.4. The lowest BCUT2D eigenvalue weighted by Crippen LogP contribution is -2.15. The molecule has 1 unspecified atom stereocenters. The van der Waals surface area contributed by atoms with Crippen molar-refractivity contribution < 1.29 is 9.53 Å². The van der Waals surface area contributed by atoms with E-state index in [1.54, 1.807) is 12.3 Å². The van der Waals surface area contributed by atoms with Crippen LogP contribution in [0.25, 0.3) is 22.0 Å². The van der Waals surface area contributed by atoms with E-state index in [1.807, 2.05) is 25.1 Å². The number of anilines is 3. The standard InChI is InChI=1S/C22H18N6O2/c1-10-3-18-19(30-11(2)26-18)7-14(10)17-5-12-6-20(25-9-16(12)21(24)27-17)28-22(29)15-4-13(15)8-23/h3,5-7,9,13,15,26H,2,4H2,1H3,(H2,24,27)(H,25,28,29)/t13-,15?/m1/s1. The van der Waals surface area contributed by atoms with Gasteiger partial charge in [0.2, 0.25) is 5.91 Å². The SMILES string of the molecule is C=C1Nc2cc(C)c(-c3cc4cc(NC(=O)C5C[C@@H]5C#N)ncc4c(N)n3)cc2O1. The number of rotatable bonds is 3. The van der Waals surface area contributed by atoms with E-state index in [0.29, 0.717) is 40.8 Å². The molecule has 2 atom stereocenters. The van der Waals surface area contributed by atoms with E-state index >= 15 is 0 Å². The number of pyridine rings is 2. The number of hydrogen-bond donors (Lipinski definition) is 3. The number of nitrogens with one attached hydrogen (secondary N) is 2. The van der Waals surface area contributed by atoms with E-state index in [1.165, 1.54) is 0 Å². The molecule has 2 aromatic heterocycles. The maximum atomic E-state index is 12.2. The number of fused-ring (bicyclic) bond motifs is 2. The Kier molecular flexibility index (Phi) is 3.86. The van der Waals surface area contributed by atoms with Crippen molar-refractivity contribution in [2.75, 3.05) is 16.4 Å². The second-order valence-corrected chi connectivity index (χ2v) is 7.56. The highest BCUT2D eigenvalue weighted by Crippen LogP contribution is 2.40. The molecule has 1 aliphatic heterocycles. The number of nitriles is 1. The Balaban J connectivity index is 1.52. The van der Waals surface area contributed by atoms with Crippen molar-refractivity contribution in [1.29, 1.82) is 5.26 Å². The third-order valence-electron chi connectivity index (χ3n) is 5.40. The van der Waals surface area contributed by atoms with Gasteiger partial charge >= 0.3 is 0 Å². The van der Waals surface area contributed by atoms with Crippen LogP contribution in [0.1, 0.15) is 12.0 Å². The summed E-state index contributed by atoms with van der Waals surface area (Å²) in [7, 11) is 0. The van der Waals surface area contributed by atoms with E-state index in [0.717, 1.165) is 22.2 Å². The van der Waals surface area contributed by atoms with Crippen molar-refractivity contribution in [3.05, 3.63) is 48.5 Å². The molecule has 0 saturated heterocycles. The van der Waals surface area contributed by atoms with Crippen molar-refractivity contribution in [3.8, 4) is 23.1 Å². The normalized spacial score (nSPS) is 18.9. The van der Waals surface area contributed by atoms with Crippen LogP contribution in [-0.4, -0.2) is 15.9 Å². The first-order valence-electron chi connectivity index (χ1n) is 9.48. The minimum atomic E-state index is -0.261. The molecule has 1 aromatic carbocycles. The second kappa shape index (κ2) is 6.46. The number of ether oxygens (including phenoxy) is 1. The molecule has 4 N–H and O–H groups in total. The van der Waals surface area contributed by atoms with Crippen molar-refractivity contribution in [2.24, 2.45) is 11.8 Å². The van der Waals surface area contributed by atoms with Gasteiger partial charge in [-0.05, 0) is 55.1 Å². The zero-order valence-electron chi connectivity index (χ0n) is 16.2. The molecule has 0 spiro atoms. The summed E-state index contributed by atoms with van der Waals surface area (Å²) in [5.74, 6) is 1.28. The first kappa shape index (κ1) is 17.9. The molecule has 1 amide bonds. The molecule has 3 aromatic rings. The molecule has 0 bridgehead atoms. The quantitative estimate of drug-likeness (QED) is 0.616. The number of carbonyl (C=O) groups excluding carboxylic acids is 1. The lowest BCUT2D eigenvalue weighted by molar-refractivity contribution is -0.117. The smallest absolute Gasteiger partial charge is 0.230 e. The molecular formula is C22H18N6O2. The molecule has 148 valence electrons. The molecule has 1 saturated carbocycles. The largest absolute Gasteiger partial charge is 0.439 e. The van der Waals surface area contributed by atoms with Gasteiger partial charge in [0.1, 0.15) is 11.6 Å². The average molecular weight is 398 g/mol. The fourth-order valence-electron chi connectivity index (χ4n) is 3.68. The predicted molar refractivity (Wildman–Crippen MR) is 113 cm³/mol. The minimum Gasteiger partial charge on any atom is -0.439 e. The summed E-state index contributed by atoms with van der Waals surface area (Å²) in [6.07, 6.45) is 2.19. The second-order valence-electron chi connectivity index (χ2n) is 7.56. The van der Waals surface area contributed by atoms with Gasteiger partial charge in [0.25, 0.3) is 0 Å². The fourth-order valence-corrected chi connectivity index (χ4v) is 3.68. The van der Waals surface area contributed by atoms with Crippen LogP contribution < -0.4 is 21.1 Å². The molecule has 1 aliphatic carbocycles. The Morgan fingerprint density at radius 2 is 2.23 bits per heavy atom. The Labute approximate surface area is 172 Å². The number of hydrogen-bond acceptors (Lipinski definition) is 7. The van der Waals surface area contributed by atoms with E-state index in [4.69, 9.17) is 15.7 Å². The number of carbonyl (C=O) groups is 1. The van der Waals surface area contributed by atoms with Crippen LogP contribution in [0.4, 0.5) is 17.3 Å². The van der Waals surface area contributed by atoms with Crippen molar-refractivity contribution >= 4 is 34.0 Å². The lowest BCUT2D eigenvalue weighted by Gasteiger charge is -2.11. The van der Waals surface area contributed by atoms with Crippen molar-refractivity contribution in [3.63, 3.8) is 0 Å². The maximum absolute atomic E-state index is 12.2. The number of aryl methyl sites for hydroxylation is 1. The summed E-state index contributed by atoms with van der Waals surface area (Å²) < 4.78 is 5.61. The van der Waals surface area contributed by atoms with Crippen LogP contribution in [0.2, 0.25) is 0 Å². The van der Waals surface area contributed by atoms with Gasteiger partial charge in [0, 0.05) is 17.1 Å². The van der Waals surface area contributed by atoms with Crippen LogP contribution in [-0.2, 0) is 4.79 Å². The molecule has 0 radical (unpaired) electrons. The third-order valence-corrected chi connectivity index (χ3v) is 5.40. The Hall–Kier alpha value is -4.12. The monoisotopic (exact) mass is 398 g/mol. The fraction of sp³-hybridized carbons (Fsp3) is 0.182. The van der Waals surface area contributed by atoms with Gasteiger partial charge in [-0.1, -0.05) is 0 Å². The number of benzene rings is 1. The lowest BCUT2D eigenvalue weighted by atomic mass is 10.0. The summed E-state index contributed by atoms with van der Waals surface area (Å²) >= 11 is 0. The summed E-state index contributed by atoms with van der Waals surface area (Å²) in [6.45, 7) is 5.77.